The molecule has 4 rings (SSSR count). The molecule has 0 radical (unpaired) electrons. The molecule has 0 N–H and O–H groups in total. The third kappa shape index (κ3) is 4.52. The van der Waals surface area contributed by atoms with E-state index in [-0.39, 0.29) is 5.56 Å². The van der Waals surface area contributed by atoms with Crippen LogP contribution in [0.15, 0.2) is 77.7 Å². The number of hydrogen-bond acceptors (Lipinski definition) is 3. The predicted octanol–water partition coefficient (Wildman–Crippen LogP) is 3.82. The molecule has 3 aromatic rings. The fraction of sp³-hybridized carbons (Fsp3) is 0.304. The van der Waals surface area contributed by atoms with Crippen LogP contribution >= 0.6 is 0 Å². The average Bonchev–Trinajstić information content (AvgIpc) is 2.72. The minimum absolute atomic E-state index is 0.0110. The van der Waals surface area contributed by atoms with Crippen LogP contribution < -0.4 is 5.56 Å². The number of benzene rings is 2. The Morgan fingerprint density at radius 2 is 1.56 bits per heavy atom. The first-order chi connectivity index (χ1) is 13.3. The summed E-state index contributed by atoms with van der Waals surface area (Å²) >= 11 is 0. The quantitative estimate of drug-likeness (QED) is 0.695. The van der Waals surface area contributed by atoms with Gasteiger partial charge in [0.05, 0.1) is 6.20 Å². The summed E-state index contributed by atoms with van der Waals surface area (Å²) in [6, 6.07) is 22.3. The molecule has 138 valence electrons. The lowest BCUT2D eigenvalue weighted by Gasteiger charge is -2.32. The van der Waals surface area contributed by atoms with Gasteiger partial charge in [-0.1, -0.05) is 60.7 Å². The van der Waals surface area contributed by atoms with Gasteiger partial charge in [-0.2, -0.15) is 5.10 Å². The molecule has 1 aliphatic rings. The molecule has 0 unspecified atom stereocenters. The van der Waals surface area contributed by atoms with Crippen LogP contribution in [0, 0.1) is 5.92 Å². The molecular weight excluding hydrogens is 334 g/mol. The van der Waals surface area contributed by atoms with Crippen molar-refractivity contribution in [1.29, 1.82) is 0 Å². The summed E-state index contributed by atoms with van der Waals surface area (Å²) in [6.45, 7) is 3.89. The summed E-state index contributed by atoms with van der Waals surface area (Å²) in [5.41, 5.74) is 3.27. The van der Waals surface area contributed by atoms with Gasteiger partial charge in [-0.3, -0.25) is 9.69 Å². The van der Waals surface area contributed by atoms with Crippen molar-refractivity contribution in [2.75, 3.05) is 13.1 Å². The van der Waals surface area contributed by atoms with E-state index < -0.39 is 0 Å². The van der Waals surface area contributed by atoms with Crippen molar-refractivity contribution in [3.05, 3.63) is 88.8 Å². The SMILES string of the molecule is O=c1cc(-c2ccccc2)cnn1CC1CCN(Cc2ccccc2)CC1. The minimum atomic E-state index is -0.0110. The van der Waals surface area contributed by atoms with E-state index in [2.05, 4.69) is 40.3 Å². The van der Waals surface area contributed by atoms with E-state index >= 15 is 0 Å². The summed E-state index contributed by atoms with van der Waals surface area (Å²) in [5, 5.41) is 4.43. The number of aromatic nitrogens is 2. The molecule has 0 bridgehead atoms. The highest BCUT2D eigenvalue weighted by molar-refractivity contribution is 5.61. The lowest BCUT2D eigenvalue weighted by molar-refractivity contribution is 0.163. The van der Waals surface area contributed by atoms with Crippen molar-refractivity contribution in [3.63, 3.8) is 0 Å². The normalized spacial score (nSPS) is 15.7. The van der Waals surface area contributed by atoms with E-state index in [9.17, 15) is 4.79 Å². The second kappa shape index (κ2) is 8.31. The molecule has 0 atom stereocenters. The van der Waals surface area contributed by atoms with Gasteiger partial charge >= 0.3 is 0 Å². The second-order valence-corrected chi connectivity index (χ2v) is 7.34. The predicted molar refractivity (Wildman–Crippen MR) is 108 cm³/mol. The van der Waals surface area contributed by atoms with E-state index in [1.54, 1.807) is 16.9 Å². The highest BCUT2D eigenvalue weighted by Gasteiger charge is 2.20. The Morgan fingerprint density at radius 3 is 2.22 bits per heavy atom. The van der Waals surface area contributed by atoms with E-state index in [1.807, 2.05) is 30.3 Å². The summed E-state index contributed by atoms with van der Waals surface area (Å²) in [6.07, 6.45) is 4.03. The van der Waals surface area contributed by atoms with Gasteiger partial charge in [-0.25, -0.2) is 4.68 Å². The van der Waals surface area contributed by atoms with Crippen molar-refractivity contribution < 1.29 is 0 Å². The Hall–Kier alpha value is -2.72. The van der Waals surface area contributed by atoms with Crippen molar-refractivity contribution in [3.8, 4) is 11.1 Å². The maximum Gasteiger partial charge on any atom is 0.267 e. The fourth-order valence-corrected chi connectivity index (χ4v) is 3.77. The van der Waals surface area contributed by atoms with Crippen molar-refractivity contribution in [1.82, 2.24) is 14.7 Å². The standard InChI is InChI=1S/C23H25N3O/c27-23-15-22(21-9-5-2-6-10-21)16-24-26(23)18-20-11-13-25(14-12-20)17-19-7-3-1-4-8-19/h1-10,15-16,20H,11-14,17-18H2. The molecule has 1 aliphatic heterocycles. The van der Waals surface area contributed by atoms with Crippen molar-refractivity contribution in [2.45, 2.75) is 25.9 Å². The largest absolute Gasteiger partial charge is 0.299 e. The van der Waals surface area contributed by atoms with Crippen LogP contribution in [0.2, 0.25) is 0 Å². The van der Waals surface area contributed by atoms with E-state index in [0.29, 0.717) is 12.5 Å². The maximum atomic E-state index is 12.5. The molecule has 4 nitrogen and oxygen atoms in total. The first kappa shape index (κ1) is 17.7. The van der Waals surface area contributed by atoms with Gasteiger partial charge in [-0.05, 0) is 43.0 Å². The molecule has 27 heavy (non-hydrogen) atoms. The van der Waals surface area contributed by atoms with Crippen LogP contribution in [0.25, 0.3) is 11.1 Å². The van der Waals surface area contributed by atoms with E-state index in [0.717, 1.165) is 43.6 Å². The molecule has 0 spiro atoms. The van der Waals surface area contributed by atoms with Crippen LogP contribution in [-0.2, 0) is 13.1 Å². The summed E-state index contributed by atoms with van der Waals surface area (Å²) < 4.78 is 1.63. The first-order valence-corrected chi connectivity index (χ1v) is 9.67. The minimum Gasteiger partial charge on any atom is -0.299 e. The van der Waals surface area contributed by atoms with Crippen molar-refractivity contribution >= 4 is 0 Å². The molecule has 0 aliphatic carbocycles. The van der Waals surface area contributed by atoms with Crippen LogP contribution in [-0.4, -0.2) is 27.8 Å². The topological polar surface area (TPSA) is 38.1 Å². The number of piperidine rings is 1. The third-order valence-electron chi connectivity index (χ3n) is 5.36. The van der Waals surface area contributed by atoms with Crippen LogP contribution in [0.3, 0.4) is 0 Å². The maximum absolute atomic E-state index is 12.5. The fourth-order valence-electron chi connectivity index (χ4n) is 3.77. The Labute approximate surface area is 160 Å². The molecule has 1 fully saturated rings. The average molecular weight is 359 g/mol. The van der Waals surface area contributed by atoms with E-state index in [4.69, 9.17) is 0 Å². The lowest BCUT2D eigenvalue weighted by Crippen LogP contribution is -2.36. The molecule has 4 heteroatoms. The van der Waals surface area contributed by atoms with Crippen LogP contribution in [0.5, 0.6) is 0 Å². The Bertz CT molecular complexity index is 913. The number of rotatable bonds is 5. The smallest absolute Gasteiger partial charge is 0.267 e. The zero-order chi connectivity index (χ0) is 18.5. The van der Waals surface area contributed by atoms with Gasteiger partial charge in [-0.15, -0.1) is 0 Å². The first-order valence-electron chi connectivity index (χ1n) is 9.67. The van der Waals surface area contributed by atoms with Gasteiger partial charge in [0.15, 0.2) is 0 Å². The monoisotopic (exact) mass is 359 g/mol. The van der Waals surface area contributed by atoms with Gasteiger partial charge in [0, 0.05) is 24.7 Å². The highest BCUT2D eigenvalue weighted by atomic mass is 16.1. The van der Waals surface area contributed by atoms with Gasteiger partial charge in [0.2, 0.25) is 0 Å². The molecule has 2 aromatic carbocycles. The van der Waals surface area contributed by atoms with Crippen molar-refractivity contribution in [2.24, 2.45) is 5.92 Å². The van der Waals surface area contributed by atoms with Gasteiger partial charge in [0.1, 0.15) is 0 Å². The zero-order valence-corrected chi connectivity index (χ0v) is 15.5. The lowest BCUT2D eigenvalue weighted by atomic mass is 9.96. The summed E-state index contributed by atoms with van der Waals surface area (Å²) in [4.78, 5) is 15.0. The molecule has 0 saturated carbocycles. The van der Waals surface area contributed by atoms with Gasteiger partial charge < -0.3 is 0 Å². The number of nitrogens with zero attached hydrogens (tertiary/aromatic N) is 3. The molecular formula is C23H25N3O. The summed E-state index contributed by atoms with van der Waals surface area (Å²) in [7, 11) is 0. The number of hydrogen-bond donors (Lipinski definition) is 0. The second-order valence-electron chi connectivity index (χ2n) is 7.34. The third-order valence-corrected chi connectivity index (χ3v) is 5.36. The number of likely N-dealkylation sites (tertiary alicyclic amines) is 1. The van der Waals surface area contributed by atoms with Crippen LogP contribution in [0.4, 0.5) is 0 Å². The Balaban J connectivity index is 1.34. The molecule has 0 amide bonds. The highest BCUT2D eigenvalue weighted by Crippen LogP contribution is 2.20. The molecule has 1 saturated heterocycles. The summed E-state index contributed by atoms with van der Waals surface area (Å²) in [5.74, 6) is 0.518. The molecule has 1 aromatic heterocycles. The Kier molecular flexibility index (Phi) is 5.45. The molecule has 2 heterocycles. The van der Waals surface area contributed by atoms with E-state index in [1.165, 1.54) is 5.56 Å². The van der Waals surface area contributed by atoms with Crippen LogP contribution in [0.1, 0.15) is 18.4 Å². The zero-order valence-electron chi connectivity index (χ0n) is 15.5. The van der Waals surface area contributed by atoms with Gasteiger partial charge in [0.25, 0.3) is 5.56 Å². The Morgan fingerprint density at radius 1 is 0.889 bits per heavy atom.